The Morgan fingerprint density at radius 1 is 1.38 bits per heavy atom. The highest BCUT2D eigenvalue weighted by atomic mass is 16.3. The van der Waals surface area contributed by atoms with Crippen LogP contribution in [-0.2, 0) is 0 Å². The Balaban J connectivity index is 2.10. The molecule has 0 aliphatic carbocycles. The van der Waals surface area contributed by atoms with Crippen LogP contribution in [0.1, 0.15) is 6.92 Å². The minimum absolute atomic E-state index is 0.0882. The molecule has 2 rings (SSSR count). The SMILES string of the molecule is CN(C)CC(C)(O)CNc1nc(N)nc(-n2cccn2)n1. The summed E-state index contributed by atoms with van der Waals surface area (Å²) in [5.41, 5.74) is 4.75. The summed E-state index contributed by atoms with van der Waals surface area (Å²) in [6.45, 7) is 2.53. The summed E-state index contributed by atoms with van der Waals surface area (Å²) in [4.78, 5) is 14.1. The third kappa shape index (κ3) is 4.36. The topological polar surface area (TPSA) is 118 Å². The molecule has 0 amide bonds. The van der Waals surface area contributed by atoms with Crippen molar-refractivity contribution in [3.05, 3.63) is 18.5 Å². The van der Waals surface area contributed by atoms with E-state index < -0.39 is 5.60 Å². The molecular weight excluding hydrogens is 272 g/mol. The molecule has 0 spiro atoms. The lowest BCUT2D eigenvalue weighted by molar-refractivity contribution is 0.0458. The smallest absolute Gasteiger partial charge is 0.257 e. The number of rotatable bonds is 6. The Kier molecular flexibility index (Phi) is 4.34. The predicted molar refractivity (Wildman–Crippen MR) is 79.0 cm³/mol. The predicted octanol–water partition coefficient (Wildman–Crippen LogP) is -0.636. The minimum Gasteiger partial charge on any atom is -0.387 e. The lowest BCUT2D eigenvalue weighted by atomic mass is 10.1. The van der Waals surface area contributed by atoms with Gasteiger partial charge in [0.25, 0.3) is 5.95 Å². The number of anilines is 2. The Morgan fingerprint density at radius 2 is 2.14 bits per heavy atom. The summed E-state index contributed by atoms with van der Waals surface area (Å²) in [5, 5.41) is 17.3. The first-order valence-corrected chi connectivity index (χ1v) is 6.48. The second kappa shape index (κ2) is 6.02. The van der Waals surface area contributed by atoms with Gasteiger partial charge < -0.3 is 21.1 Å². The van der Waals surface area contributed by atoms with Crippen LogP contribution >= 0.6 is 0 Å². The van der Waals surface area contributed by atoms with E-state index >= 15 is 0 Å². The average Bonchev–Trinajstić information content (AvgIpc) is 2.88. The lowest BCUT2D eigenvalue weighted by Crippen LogP contribution is -2.43. The molecule has 4 N–H and O–H groups in total. The number of nitrogens with two attached hydrogens (primary N) is 1. The van der Waals surface area contributed by atoms with Crippen LogP contribution in [-0.4, -0.2) is 67.5 Å². The van der Waals surface area contributed by atoms with E-state index in [9.17, 15) is 5.11 Å². The van der Waals surface area contributed by atoms with Gasteiger partial charge in [0.2, 0.25) is 11.9 Å². The summed E-state index contributed by atoms with van der Waals surface area (Å²) in [5.74, 6) is 0.708. The minimum atomic E-state index is -0.920. The van der Waals surface area contributed by atoms with Gasteiger partial charge >= 0.3 is 0 Å². The molecule has 9 heteroatoms. The molecule has 2 aromatic heterocycles. The summed E-state index contributed by atoms with van der Waals surface area (Å²) in [7, 11) is 3.79. The fraction of sp³-hybridized carbons (Fsp3) is 0.500. The number of nitrogen functional groups attached to an aromatic ring is 1. The molecule has 0 bridgehead atoms. The quantitative estimate of drug-likeness (QED) is 0.643. The zero-order chi connectivity index (χ0) is 15.5. The molecule has 0 aliphatic heterocycles. The Labute approximate surface area is 122 Å². The van der Waals surface area contributed by atoms with E-state index in [0.717, 1.165) is 0 Å². The number of aromatic nitrogens is 5. The van der Waals surface area contributed by atoms with Crippen LogP contribution in [0.4, 0.5) is 11.9 Å². The van der Waals surface area contributed by atoms with Crippen molar-refractivity contribution in [2.45, 2.75) is 12.5 Å². The van der Waals surface area contributed by atoms with Gasteiger partial charge in [-0.3, -0.25) is 0 Å². The van der Waals surface area contributed by atoms with Crippen LogP contribution in [0.25, 0.3) is 5.95 Å². The van der Waals surface area contributed by atoms with Gasteiger partial charge in [-0.25, -0.2) is 4.68 Å². The van der Waals surface area contributed by atoms with Crippen LogP contribution in [0.15, 0.2) is 18.5 Å². The second-order valence-corrected chi connectivity index (χ2v) is 5.36. The number of hydrogen-bond donors (Lipinski definition) is 3. The normalized spacial score (nSPS) is 14.1. The number of hydrogen-bond acceptors (Lipinski definition) is 8. The fourth-order valence-corrected chi connectivity index (χ4v) is 1.96. The van der Waals surface area contributed by atoms with Crippen molar-refractivity contribution in [1.29, 1.82) is 0 Å². The maximum Gasteiger partial charge on any atom is 0.257 e. The fourth-order valence-electron chi connectivity index (χ4n) is 1.96. The van der Waals surface area contributed by atoms with E-state index in [0.29, 0.717) is 18.4 Å². The molecule has 21 heavy (non-hydrogen) atoms. The monoisotopic (exact) mass is 292 g/mol. The van der Waals surface area contributed by atoms with Gasteiger partial charge in [0.1, 0.15) is 0 Å². The molecule has 2 heterocycles. The second-order valence-electron chi connectivity index (χ2n) is 5.36. The summed E-state index contributed by atoms with van der Waals surface area (Å²) >= 11 is 0. The first-order chi connectivity index (χ1) is 9.85. The van der Waals surface area contributed by atoms with Gasteiger partial charge in [-0.05, 0) is 27.1 Å². The number of aliphatic hydroxyl groups is 1. The summed E-state index contributed by atoms with van der Waals surface area (Å²) < 4.78 is 1.49. The zero-order valence-corrected chi connectivity index (χ0v) is 12.4. The van der Waals surface area contributed by atoms with E-state index in [2.05, 4.69) is 25.4 Å². The van der Waals surface area contributed by atoms with Gasteiger partial charge in [-0.1, -0.05) is 0 Å². The van der Waals surface area contributed by atoms with E-state index in [4.69, 9.17) is 5.73 Å². The third-order valence-corrected chi connectivity index (χ3v) is 2.63. The van der Waals surface area contributed by atoms with Crippen LogP contribution in [0.3, 0.4) is 0 Å². The molecule has 0 aromatic carbocycles. The molecule has 0 radical (unpaired) electrons. The van der Waals surface area contributed by atoms with Crippen LogP contribution in [0, 0.1) is 0 Å². The number of nitrogens with one attached hydrogen (secondary N) is 1. The van der Waals surface area contributed by atoms with E-state index in [1.165, 1.54) is 4.68 Å². The average molecular weight is 292 g/mol. The highest BCUT2D eigenvalue weighted by Crippen LogP contribution is 2.09. The molecule has 0 saturated carbocycles. The van der Waals surface area contributed by atoms with E-state index in [-0.39, 0.29) is 12.5 Å². The zero-order valence-electron chi connectivity index (χ0n) is 12.4. The summed E-state index contributed by atoms with van der Waals surface area (Å²) in [6, 6.07) is 1.76. The van der Waals surface area contributed by atoms with Gasteiger partial charge in [-0.15, -0.1) is 0 Å². The van der Waals surface area contributed by atoms with Gasteiger partial charge in [0.15, 0.2) is 0 Å². The highest BCUT2D eigenvalue weighted by Gasteiger charge is 2.21. The number of likely N-dealkylation sites (N-methyl/N-ethyl adjacent to an activating group) is 1. The maximum absolute atomic E-state index is 10.2. The lowest BCUT2D eigenvalue weighted by Gasteiger charge is -2.27. The molecule has 1 unspecified atom stereocenters. The van der Waals surface area contributed by atoms with E-state index in [1.807, 2.05) is 19.0 Å². The standard InChI is InChI=1S/C12H20N8O/c1-12(21,8-19(2)3)7-14-10-16-9(13)17-11(18-10)20-6-4-5-15-20/h4-6,21H,7-8H2,1-3H3,(H3,13,14,16,17,18). The largest absolute Gasteiger partial charge is 0.387 e. The third-order valence-electron chi connectivity index (χ3n) is 2.63. The van der Waals surface area contributed by atoms with Crippen molar-refractivity contribution in [3.8, 4) is 5.95 Å². The van der Waals surface area contributed by atoms with Crippen molar-refractivity contribution in [3.63, 3.8) is 0 Å². The molecule has 0 fully saturated rings. The number of nitrogens with zero attached hydrogens (tertiary/aromatic N) is 6. The Hall–Kier alpha value is -2.26. The van der Waals surface area contributed by atoms with Crippen molar-refractivity contribution >= 4 is 11.9 Å². The van der Waals surface area contributed by atoms with Crippen LogP contribution < -0.4 is 11.1 Å². The molecule has 1 atom stereocenters. The van der Waals surface area contributed by atoms with Gasteiger partial charge in [-0.2, -0.15) is 20.1 Å². The molecule has 0 aliphatic rings. The van der Waals surface area contributed by atoms with Crippen molar-refractivity contribution < 1.29 is 5.11 Å². The van der Waals surface area contributed by atoms with Crippen LogP contribution in [0.2, 0.25) is 0 Å². The van der Waals surface area contributed by atoms with Crippen molar-refractivity contribution in [1.82, 2.24) is 29.6 Å². The molecule has 2 aromatic rings. The highest BCUT2D eigenvalue weighted by molar-refractivity contribution is 5.35. The Bertz CT molecular complexity index is 581. The molecule has 114 valence electrons. The molecular formula is C12H20N8O. The molecule has 0 saturated heterocycles. The van der Waals surface area contributed by atoms with Crippen molar-refractivity contribution in [2.75, 3.05) is 38.2 Å². The van der Waals surface area contributed by atoms with Gasteiger partial charge in [0, 0.05) is 25.5 Å². The molecule has 9 nitrogen and oxygen atoms in total. The van der Waals surface area contributed by atoms with Crippen molar-refractivity contribution in [2.24, 2.45) is 0 Å². The summed E-state index contributed by atoms with van der Waals surface area (Å²) in [6.07, 6.45) is 3.33. The van der Waals surface area contributed by atoms with E-state index in [1.54, 1.807) is 25.4 Å². The first kappa shape index (κ1) is 15.1. The van der Waals surface area contributed by atoms with Gasteiger partial charge in [0.05, 0.1) is 5.60 Å². The first-order valence-electron chi connectivity index (χ1n) is 6.48. The maximum atomic E-state index is 10.2. The Morgan fingerprint density at radius 3 is 2.76 bits per heavy atom. The van der Waals surface area contributed by atoms with Crippen LogP contribution in [0.5, 0.6) is 0 Å².